The van der Waals surface area contributed by atoms with E-state index in [4.69, 9.17) is 23.2 Å². The molecule has 6 nitrogen and oxygen atoms in total. The second kappa shape index (κ2) is 8.05. The Labute approximate surface area is 189 Å². The Morgan fingerprint density at radius 1 is 0.800 bits per heavy atom. The van der Waals surface area contributed by atoms with Crippen molar-refractivity contribution in [1.29, 1.82) is 0 Å². The van der Waals surface area contributed by atoms with Crippen LogP contribution in [0.3, 0.4) is 0 Å². The first-order valence-corrected chi connectivity index (χ1v) is 13.5. The van der Waals surface area contributed by atoms with E-state index in [0.29, 0.717) is 0 Å². The molecule has 0 saturated heterocycles. The van der Waals surface area contributed by atoms with Crippen LogP contribution in [0.25, 0.3) is 0 Å². The Kier molecular flexibility index (Phi) is 5.75. The Morgan fingerprint density at radius 3 is 2.07 bits per heavy atom. The van der Waals surface area contributed by atoms with Gasteiger partial charge in [-0.05, 0) is 66.1 Å². The highest BCUT2D eigenvalue weighted by Gasteiger charge is 2.23. The number of halogens is 2. The van der Waals surface area contributed by atoms with Gasteiger partial charge in [0.2, 0.25) is 0 Å². The molecule has 1 aliphatic rings. The Hall–Kier alpha value is -1.78. The van der Waals surface area contributed by atoms with Crippen molar-refractivity contribution in [2.75, 3.05) is 9.44 Å². The zero-order chi connectivity index (χ0) is 21.5. The molecule has 0 fully saturated rings. The first-order valence-electron chi connectivity index (χ1n) is 8.86. The molecule has 0 radical (unpaired) electrons. The number of rotatable bonds is 6. The lowest BCUT2D eigenvalue weighted by Crippen LogP contribution is -2.17. The normalized spacial score (nSPS) is 13.8. The summed E-state index contributed by atoms with van der Waals surface area (Å²) in [7, 11) is -7.90. The summed E-state index contributed by atoms with van der Waals surface area (Å²) in [5.74, 6) is 0. The molecule has 3 aromatic rings. The fourth-order valence-corrected chi connectivity index (χ4v) is 6.76. The van der Waals surface area contributed by atoms with Crippen molar-refractivity contribution in [2.24, 2.45) is 0 Å². The van der Waals surface area contributed by atoms with Crippen molar-refractivity contribution >= 4 is 66.0 Å². The molecule has 0 unspecified atom stereocenters. The van der Waals surface area contributed by atoms with Crippen LogP contribution in [0, 0.1) is 0 Å². The molecule has 2 aromatic carbocycles. The second-order valence-electron chi connectivity index (χ2n) is 6.74. The molecule has 4 rings (SSSR count). The van der Waals surface area contributed by atoms with Crippen molar-refractivity contribution in [3.8, 4) is 0 Å². The van der Waals surface area contributed by atoms with E-state index in [1.807, 2.05) is 6.07 Å². The standard InChI is InChI=1S/C19H16Cl2N2O4S3/c20-15-10-17(18(11-16(15)21)23-30(26,27)19-5-2-8-28-19)22-29(24,25)14-7-6-12-3-1-4-13(12)9-14/h2,5-11,22-23H,1,3-4H2. The molecular formula is C19H16Cl2N2O4S3. The molecule has 1 aliphatic carbocycles. The van der Waals surface area contributed by atoms with E-state index in [9.17, 15) is 16.8 Å². The Bertz CT molecular complexity index is 1320. The number of aryl methyl sites for hydroxylation is 2. The van der Waals surface area contributed by atoms with Gasteiger partial charge in [-0.2, -0.15) is 0 Å². The van der Waals surface area contributed by atoms with Crippen LogP contribution in [0.4, 0.5) is 11.4 Å². The second-order valence-corrected chi connectivity index (χ2v) is 12.1. The van der Waals surface area contributed by atoms with Crippen molar-refractivity contribution in [1.82, 2.24) is 0 Å². The largest absolute Gasteiger partial charge is 0.277 e. The number of anilines is 2. The van der Waals surface area contributed by atoms with Gasteiger partial charge in [0.15, 0.2) is 0 Å². The molecule has 1 heterocycles. The molecule has 30 heavy (non-hydrogen) atoms. The Balaban J connectivity index is 1.71. The number of thiophene rings is 1. The van der Waals surface area contributed by atoms with Gasteiger partial charge in [0.25, 0.3) is 20.0 Å². The summed E-state index contributed by atoms with van der Waals surface area (Å²) in [6.45, 7) is 0. The average Bonchev–Trinajstić information content (AvgIpc) is 3.36. The van der Waals surface area contributed by atoms with E-state index in [-0.39, 0.29) is 30.5 Å². The van der Waals surface area contributed by atoms with E-state index < -0.39 is 20.0 Å². The van der Waals surface area contributed by atoms with Gasteiger partial charge in [-0.1, -0.05) is 35.3 Å². The predicted octanol–water partition coefficient (Wildman–Crippen LogP) is 5.15. The lowest BCUT2D eigenvalue weighted by Gasteiger charge is -2.16. The van der Waals surface area contributed by atoms with Crippen LogP contribution in [0.2, 0.25) is 10.0 Å². The molecule has 1 aromatic heterocycles. The molecule has 0 amide bonds. The van der Waals surface area contributed by atoms with E-state index in [0.717, 1.165) is 41.7 Å². The van der Waals surface area contributed by atoms with Crippen LogP contribution in [0.1, 0.15) is 17.5 Å². The quantitative estimate of drug-likeness (QED) is 0.487. The lowest BCUT2D eigenvalue weighted by molar-refractivity contribution is 0.599. The number of hydrogen-bond acceptors (Lipinski definition) is 5. The summed E-state index contributed by atoms with van der Waals surface area (Å²) < 4.78 is 56.1. The lowest BCUT2D eigenvalue weighted by atomic mass is 10.1. The van der Waals surface area contributed by atoms with Gasteiger partial charge in [0.05, 0.1) is 26.3 Å². The monoisotopic (exact) mass is 502 g/mol. The topological polar surface area (TPSA) is 92.3 Å². The molecule has 11 heteroatoms. The van der Waals surface area contributed by atoms with Crippen molar-refractivity contribution in [2.45, 2.75) is 28.4 Å². The third kappa shape index (κ3) is 4.31. The van der Waals surface area contributed by atoms with Crippen molar-refractivity contribution in [3.63, 3.8) is 0 Å². The fraction of sp³-hybridized carbons (Fsp3) is 0.158. The van der Waals surface area contributed by atoms with Crippen molar-refractivity contribution in [3.05, 3.63) is 69.0 Å². The van der Waals surface area contributed by atoms with Crippen LogP contribution < -0.4 is 9.44 Å². The summed E-state index contributed by atoms with van der Waals surface area (Å²) in [6.07, 6.45) is 2.76. The van der Waals surface area contributed by atoms with Gasteiger partial charge in [-0.15, -0.1) is 11.3 Å². The van der Waals surface area contributed by atoms with E-state index >= 15 is 0 Å². The van der Waals surface area contributed by atoms with Gasteiger partial charge >= 0.3 is 0 Å². The number of benzene rings is 2. The minimum atomic E-state index is -3.98. The third-order valence-corrected chi connectivity index (χ3v) is 9.54. The van der Waals surface area contributed by atoms with Gasteiger partial charge in [0.1, 0.15) is 4.21 Å². The summed E-state index contributed by atoms with van der Waals surface area (Å²) >= 11 is 13.2. The smallest absolute Gasteiger partial charge is 0.271 e. The minimum absolute atomic E-state index is 0.0231. The molecular weight excluding hydrogens is 487 g/mol. The van der Waals surface area contributed by atoms with E-state index in [1.165, 1.54) is 18.2 Å². The molecule has 0 spiro atoms. The van der Waals surface area contributed by atoms with Crippen molar-refractivity contribution < 1.29 is 16.8 Å². The van der Waals surface area contributed by atoms with E-state index in [1.54, 1.807) is 23.6 Å². The summed E-state index contributed by atoms with van der Waals surface area (Å²) in [5.41, 5.74) is 2.10. The molecule has 0 saturated carbocycles. The first-order chi connectivity index (χ1) is 14.2. The highest BCUT2D eigenvalue weighted by atomic mass is 35.5. The highest BCUT2D eigenvalue weighted by molar-refractivity contribution is 7.94. The van der Waals surface area contributed by atoms with E-state index in [2.05, 4.69) is 9.44 Å². The van der Waals surface area contributed by atoms with Crippen LogP contribution in [-0.2, 0) is 32.9 Å². The number of fused-ring (bicyclic) bond motifs is 1. The maximum Gasteiger partial charge on any atom is 0.271 e. The number of hydrogen-bond donors (Lipinski definition) is 2. The van der Waals surface area contributed by atoms with Crippen LogP contribution in [0.5, 0.6) is 0 Å². The SMILES string of the molecule is O=S(=O)(Nc1cc(Cl)c(Cl)cc1NS(=O)(=O)c1cccs1)c1ccc2c(c1)CCC2. The van der Waals surface area contributed by atoms with Crippen LogP contribution in [-0.4, -0.2) is 16.8 Å². The number of nitrogens with one attached hydrogen (secondary N) is 2. The van der Waals surface area contributed by atoms with Gasteiger partial charge in [-0.25, -0.2) is 16.8 Å². The summed E-state index contributed by atoms with van der Waals surface area (Å²) in [4.78, 5) is 0.0984. The highest BCUT2D eigenvalue weighted by Crippen LogP contribution is 2.36. The van der Waals surface area contributed by atoms with Crippen LogP contribution in [0.15, 0.2) is 56.9 Å². The van der Waals surface area contributed by atoms with Crippen LogP contribution >= 0.6 is 34.5 Å². The third-order valence-electron chi connectivity index (χ3n) is 4.69. The molecule has 0 atom stereocenters. The average molecular weight is 503 g/mol. The van der Waals surface area contributed by atoms with Gasteiger partial charge < -0.3 is 0 Å². The zero-order valence-corrected chi connectivity index (χ0v) is 19.3. The zero-order valence-electron chi connectivity index (χ0n) is 15.4. The maximum absolute atomic E-state index is 13.0. The molecule has 0 bridgehead atoms. The molecule has 0 aliphatic heterocycles. The number of sulfonamides is 2. The molecule has 2 N–H and O–H groups in total. The van der Waals surface area contributed by atoms with Gasteiger partial charge in [-0.3, -0.25) is 9.44 Å². The molecule has 158 valence electrons. The minimum Gasteiger partial charge on any atom is -0.277 e. The summed E-state index contributed by atoms with van der Waals surface area (Å²) in [5, 5.41) is 1.80. The fourth-order valence-electron chi connectivity index (χ4n) is 3.25. The summed E-state index contributed by atoms with van der Waals surface area (Å²) in [6, 6.07) is 10.6. The maximum atomic E-state index is 13.0. The first kappa shape index (κ1) is 21.5. The predicted molar refractivity (Wildman–Crippen MR) is 121 cm³/mol. The Morgan fingerprint density at radius 2 is 1.43 bits per heavy atom. The van der Waals surface area contributed by atoms with Gasteiger partial charge in [0, 0.05) is 0 Å².